The summed E-state index contributed by atoms with van der Waals surface area (Å²) in [4.78, 5) is 12.1. The zero-order valence-electron chi connectivity index (χ0n) is 10.8. The highest BCUT2D eigenvalue weighted by molar-refractivity contribution is 6.19. The summed E-state index contributed by atoms with van der Waals surface area (Å²) < 4.78 is 37.3. The van der Waals surface area contributed by atoms with E-state index in [1.807, 2.05) is 0 Å². The van der Waals surface area contributed by atoms with Crippen LogP contribution in [-0.2, 0) is 6.18 Å². The van der Waals surface area contributed by atoms with Crippen LogP contribution in [0, 0.1) is 0 Å². The van der Waals surface area contributed by atoms with E-state index in [2.05, 4.69) is 5.32 Å². The highest BCUT2D eigenvalue weighted by Gasteiger charge is 2.35. The molecular formula is C14H15ClF3NO. The molecule has 2 rings (SSSR count). The minimum atomic E-state index is -4.39. The second-order valence-electron chi connectivity index (χ2n) is 5.15. The fraction of sp³-hybridized carbons (Fsp3) is 0.500. The second kappa shape index (κ2) is 5.64. The van der Waals surface area contributed by atoms with Crippen LogP contribution in [0.4, 0.5) is 13.2 Å². The first-order valence-electron chi connectivity index (χ1n) is 6.42. The molecule has 110 valence electrons. The molecule has 0 radical (unpaired) electrons. The van der Waals surface area contributed by atoms with Gasteiger partial charge in [0.25, 0.3) is 5.91 Å². The first-order chi connectivity index (χ1) is 9.36. The highest BCUT2D eigenvalue weighted by Crippen LogP contribution is 2.32. The van der Waals surface area contributed by atoms with Gasteiger partial charge in [-0.25, -0.2) is 0 Å². The predicted octanol–water partition coefficient (Wildman–Crippen LogP) is 3.99. The van der Waals surface area contributed by atoms with E-state index in [-0.39, 0.29) is 11.5 Å². The van der Waals surface area contributed by atoms with E-state index in [0.717, 1.165) is 37.8 Å². The average molecular weight is 306 g/mol. The summed E-state index contributed by atoms with van der Waals surface area (Å²) in [6.45, 7) is 0. The van der Waals surface area contributed by atoms with Gasteiger partial charge in [-0.2, -0.15) is 13.2 Å². The Balaban J connectivity index is 2.10. The maximum atomic E-state index is 12.4. The molecule has 1 amide bonds. The third-order valence-corrected chi connectivity index (χ3v) is 4.18. The van der Waals surface area contributed by atoms with Gasteiger partial charge in [-0.15, -0.1) is 11.6 Å². The van der Waals surface area contributed by atoms with Gasteiger partial charge in [-0.1, -0.05) is 12.8 Å². The Kier molecular flexibility index (Phi) is 4.28. The maximum Gasteiger partial charge on any atom is 0.416 e. The third kappa shape index (κ3) is 3.26. The van der Waals surface area contributed by atoms with Crippen LogP contribution in [0.25, 0.3) is 0 Å². The fourth-order valence-electron chi connectivity index (χ4n) is 2.47. The molecule has 0 bridgehead atoms. The van der Waals surface area contributed by atoms with Crippen molar-refractivity contribution < 1.29 is 18.0 Å². The number of carbonyl (C=O) groups is 1. The zero-order chi connectivity index (χ0) is 14.8. The number of alkyl halides is 4. The van der Waals surface area contributed by atoms with Gasteiger partial charge in [0.1, 0.15) is 0 Å². The van der Waals surface area contributed by atoms with Crippen LogP contribution in [0.3, 0.4) is 0 Å². The van der Waals surface area contributed by atoms with Gasteiger partial charge in [0.15, 0.2) is 0 Å². The van der Waals surface area contributed by atoms with Crippen molar-refractivity contribution in [2.45, 2.75) is 37.4 Å². The SMILES string of the molecule is O=C(NC1(CCl)CCCC1)c1ccc(C(F)(F)F)cc1. The van der Waals surface area contributed by atoms with Crippen LogP contribution in [0.2, 0.25) is 0 Å². The third-order valence-electron chi connectivity index (χ3n) is 3.67. The molecule has 2 nitrogen and oxygen atoms in total. The molecule has 0 atom stereocenters. The lowest BCUT2D eigenvalue weighted by Crippen LogP contribution is -2.47. The number of nitrogens with one attached hydrogen (secondary N) is 1. The Morgan fingerprint density at radius 2 is 1.75 bits per heavy atom. The molecule has 0 aliphatic heterocycles. The van der Waals surface area contributed by atoms with Crippen molar-refractivity contribution in [1.29, 1.82) is 0 Å². The summed E-state index contributed by atoms with van der Waals surface area (Å²) in [6.07, 6.45) is -0.774. The van der Waals surface area contributed by atoms with E-state index in [1.54, 1.807) is 0 Å². The Bertz CT molecular complexity index is 478. The molecule has 20 heavy (non-hydrogen) atoms. The van der Waals surface area contributed by atoms with Crippen LogP contribution < -0.4 is 5.32 Å². The molecule has 1 aliphatic rings. The number of halogens is 4. The molecule has 0 spiro atoms. The number of amides is 1. The summed E-state index contributed by atoms with van der Waals surface area (Å²) in [7, 11) is 0. The number of hydrogen-bond acceptors (Lipinski definition) is 1. The van der Waals surface area contributed by atoms with Crippen molar-refractivity contribution in [3.8, 4) is 0 Å². The van der Waals surface area contributed by atoms with Crippen LogP contribution >= 0.6 is 11.6 Å². The Morgan fingerprint density at radius 3 is 2.20 bits per heavy atom. The highest BCUT2D eigenvalue weighted by atomic mass is 35.5. The largest absolute Gasteiger partial charge is 0.416 e. The summed E-state index contributed by atoms with van der Waals surface area (Å²) in [5, 5.41) is 2.86. The van der Waals surface area contributed by atoms with E-state index in [4.69, 9.17) is 11.6 Å². The molecule has 1 aromatic carbocycles. The molecule has 1 aliphatic carbocycles. The van der Waals surface area contributed by atoms with Gasteiger partial charge in [0.2, 0.25) is 0 Å². The molecule has 0 saturated heterocycles. The van der Waals surface area contributed by atoms with Crippen molar-refractivity contribution >= 4 is 17.5 Å². The molecule has 0 heterocycles. The van der Waals surface area contributed by atoms with Crippen molar-refractivity contribution in [1.82, 2.24) is 5.32 Å². The molecule has 1 saturated carbocycles. The van der Waals surface area contributed by atoms with Crippen molar-refractivity contribution in [3.63, 3.8) is 0 Å². The van der Waals surface area contributed by atoms with E-state index in [0.29, 0.717) is 5.88 Å². The van der Waals surface area contributed by atoms with Gasteiger partial charge in [-0.05, 0) is 37.1 Å². The molecule has 1 fully saturated rings. The first-order valence-corrected chi connectivity index (χ1v) is 6.95. The Morgan fingerprint density at radius 1 is 1.20 bits per heavy atom. The molecule has 0 unspecified atom stereocenters. The van der Waals surface area contributed by atoms with Crippen molar-refractivity contribution in [3.05, 3.63) is 35.4 Å². The summed E-state index contributed by atoms with van der Waals surface area (Å²) in [5.74, 6) is -0.0550. The maximum absolute atomic E-state index is 12.4. The minimum Gasteiger partial charge on any atom is -0.345 e. The Labute approximate surface area is 120 Å². The molecule has 0 aromatic heterocycles. The quantitative estimate of drug-likeness (QED) is 0.841. The average Bonchev–Trinajstić information content (AvgIpc) is 2.87. The van der Waals surface area contributed by atoms with E-state index >= 15 is 0 Å². The molecule has 1 aromatic rings. The van der Waals surface area contributed by atoms with E-state index in [9.17, 15) is 18.0 Å². The van der Waals surface area contributed by atoms with Crippen molar-refractivity contribution in [2.75, 3.05) is 5.88 Å². The van der Waals surface area contributed by atoms with Gasteiger partial charge >= 0.3 is 6.18 Å². The van der Waals surface area contributed by atoms with E-state index < -0.39 is 17.3 Å². The van der Waals surface area contributed by atoms with Crippen molar-refractivity contribution in [2.24, 2.45) is 0 Å². The number of carbonyl (C=O) groups excluding carboxylic acids is 1. The lowest BCUT2D eigenvalue weighted by molar-refractivity contribution is -0.137. The minimum absolute atomic E-state index is 0.217. The lowest BCUT2D eigenvalue weighted by Gasteiger charge is -2.27. The van der Waals surface area contributed by atoms with Crippen LogP contribution in [0.5, 0.6) is 0 Å². The number of hydrogen-bond donors (Lipinski definition) is 1. The summed E-state index contributed by atoms with van der Waals surface area (Å²) >= 11 is 5.92. The Hall–Kier alpha value is -1.23. The first kappa shape index (κ1) is 15.2. The fourth-order valence-corrected chi connectivity index (χ4v) is 2.80. The van der Waals surface area contributed by atoms with Gasteiger partial charge in [0.05, 0.1) is 11.1 Å². The normalized spacial score (nSPS) is 18.0. The van der Waals surface area contributed by atoms with E-state index in [1.165, 1.54) is 12.1 Å². The monoisotopic (exact) mass is 305 g/mol. The predicted molar refractivity (Wildman–Crippen MR) is 70.8 cm³/mol. The second-order valence-corrected chi connectivity index (χ2v) is 5.42. The standard InChI is InChI=1S/C14H15ClF3NO/c15-9-13(7-1-2-8-13)19-12(20)10-3-5-11(6-4-10)14(16,17)18/h3-6H,1-2,7-9H2,(H,19,20). The topological polar surface area (TPSA) is 29.1 Å². The lowest BCUT2D eigenvalue weighted by atomic mass is 9.99. The molecule has 6 heteroatoms. The summed E-state index contributed by atoms with van der Waals surface area (Å²) in [6, 6.07) is 4.21. The summed E-state index contributed by atoms with van der Waals surface area (Å²) in [5.41, 5.74) is -0.960. The molecule has 1 N–H and O–H groups in total. The van der Waals surface area contributed by atoms with Crippen LogP contribution in [0.15, 0.2) is 24.3 Å². The zero-order valence-corrected chi connectivity index (χ0v) is 11.5. The molecular weight excluding hydrogens is 291 g/mol. The van der Waals surface area contributed by atoms with Gasteiger partial charge < -0.3 is 5.32 Å². The van der Waals surface area contributed by atoms with Gasteiger partial charge in [-0.3, -0.25) is 4.79 Å². The number of rotatable bonds is 3. The number of benzene rings is 1. The smallest absolute Gasteiger partial charge is 0.345 e. The van der Waals surface area contributed by atoms with Crippen LogP contribution in [-0.4, -0.2) is 17.3 Å². The van der Waals surface area contributed by atoms with Gasteiger partial charge in [0, 0.05) is 11.4 Å². The van der Waals surface area contributed by atoms with Crippen LogP contribution in [0.1, 0.15) is 41.6 Å².